The summed E-state index contributed by atoms with van der Waals surface area (Å²) in [5.74, 6) is 0. The van der Waals surface area contributed by atoms with Crippen LogP contribution in [0, 0.1) is 20.8 Å². The van der Waals surface area contributed by atoms with Gasteiger partial charge in [0.15, 0.2) is 0 Å². The van der Waals surface area contributed by atoms with E-state index in [-0.39, 0.29) is 4.70 Å². The van der Waals surface area contributed by atoms with Gasteiger partial charge in [0.1, 0.15) is 18.1 Å². The van der Waals surface area contributed by atoms with Crippen LogP contribution in [0.4, 0.5) is 12.9 Å². The van der Waals surface area contributed by atoms with Crippen molar-refractivity contribution in [2.75, 3.05) is 0 Å². The van der Waals surface area contributed by atoms with Gasteiger partial charge in [0.2, 0.25) is 6.33 Å². The molecule has 0 N–H and O–H groups in total. The third-order valence-corrected chi connectivity index (χ3v) is 5.85. The van der Waals surface area contributed by atoms with Crippen molar-refractivity contribution in [3.8, 4) is 5.69 Å². The molecule has 2 aromatic rings. The van der Waals surface area contributed by atoms with E-state index in [0.29, 0.717) is 0 Å². The maximum absolute atomic E-state index is 9.67. The first kappa shape index (κ1) is 31.2. The highest BCUT2D eigenvalue weighted by Crippen LogP contribution is 2.20. The molecule has 1 aromatic heterocycles. The third kappa shape index (κ3) is 14.2. The fourth-order valence-electron chi connectivity index (χ4n) is 4.37. The predicted molar refractivity (Wildman–Crippen MR) is 130 cm³/mol. The summed E-state index contributed by atoms with van der Waals surface area (Å²) in [4.78, 5) is 0. The van der Waals surface area contributed by atoms with Crippen molar-refractivity contribution < 1.29 is 22.2 Å². The van der Waals surface area contributed by atoms with Crippen LogP contribution in [0.1, 0.15) is 101 Å². The van der Waals surface area contributed by atoms with Gasteiger partial charge in [-0.1, -0.05) is 88.8 Å². The average Bonchev–Trinajstić information content (AvgIpc) is 3.16. The van der Waals surface area contributed by atoms with Crippen LogP contribution in [0.3, 0.4) is 0 Å². The minimum atomic E-state index is -3.67. The lowest BCUT2D eigenvalue weighted by atomic mass is 10.1. The van der Waals surface area contributed by atoms with Crippen LogP contribution in [-0.4, -0.2) is 12.1 Å². The minimum absolute atomic E-state index is 0. The molecule has 7 heteroatoms. The zero-order chi connectivity index (χ0) is 23.8. The summed E-state index contributed by atoms with van der Waals surface area (Å²) in [6.07, 6.45) is 23.6. The quantitative estimate of drug-likeness (QED) is 0.154. The van der Waals surface area contributed by atoms with E-state index >= 15 is 0 Å². The molecule has 2 rings (SSSR count). The molecule has 0 saturated carbocycles. The Hall–Kier alpha value is -1.79. The Morgan fingerprint density at radius 3 is 1.64 bits per heavy atom. The number of rotatable bonds is 14. The van der Waals surface area contributed by atoms with Crippen molar-refractivity contribution in [3.05, 3.63) is 47.5 Å². The first-order valence-corrected chi connectivity index (χ1v) is 12.4. The van der Waals surface area contributed by atoms with Crippen molar-refractivity contribution >= 4 is 7.54 Å². The number of aromatic nitrogens is 2. The lowest BCUT2D eigenvalue weighted by Gasteiger charge is -2.07. The smallest absolute Gasteiger partial charge is 0.762 e. The molecule has 0 spiro atoms. The molecule has 0 fully saturated rings. The Labute approximate surface area is 199 Å². The van der Waals surface area contributed by atoms with Crippen LogP contribution >= 0.6 is 0 Å². The number of hydrogen-bond acceptors (Lipinski definition) is 0. The minimum Gasteiger partial charge on any atom is -1.00 e. The van der Waals surface area contributed by atoms with Crippen LogP contribution in [0.2, 0.25) is 0 Å². The number of nitrogens with zero attached hydrogens (tertiary/aromatic N) is 2. The first-order valence-electron chi connectivity index (χ1n) is 12.4. The molecule has 0 aliphatic carbocycles. The molecule has 0 bridgehead atoms. The number of halogens is 4. The fourth-order valence-corrected chi connectivity index (χ4v) is 4.37. The summed E-state index contributed by atoms with van der Waals surface area (Å²) < 4.78 is 33.6. The van der Waals surface area contributed by atoms with Crippen molar-refractivity contribution in [1.82, 2.24) is 4.57 Å². The number of aryl methyl sites for hydroxylation is 4. The van der Waals surface area contributed by atoms with Gasteiger partial charge in [-0.3, -0.25) is 12.9 Å². The highest BCUT2D eigenvalue weighted by Gasteiger charge is 2.12. The van der Waals surface area contributed by atoms with E-state index in [9.17, 15) is 12.9 Å². The molecule has 0 atom stereocenters. The van der Waals surface area contributed by atoms with Crippen LogP contribution in [-0.2, 0) is 6.54 Å². The van der Waals surface area contributed by atoms with Gasteiger partial charge < -0.3 is 4.70 Å². The van der Waals surface area contributed by atoms with E-state index in [0.717, 1.165) is 6.54 Å². The van der Waals surface area contributed by atoms with Gasteiger partial charge in [0.25, 0.3) is 0 Å². The maximum atomic E-state index is 9.67. The largest absolute Gasteiger partial charge is 1.00 e. The molecule has 2 nitrogen and oxygen atoms in total. The molecule has 0 amide bonds. The number of hydrogen-bond donors (Lipinski definition) is 0. The molecule has 0 unspecified atom stereocenters. The van der Waals surface area contributed by atoms with Crippen LogP contribution in [0.15, 0.2) is 30.9 Å². The van der Waals surface area contributed by atoms with E-state index in [2.05, 4.69) is 67.7 Å². The number of unbranched alkanes of at least 4 members (excludes halogenated alkanes) is 11. The summed E-state index contributed by atoms with van der Waals surface area (Å²) >= 11 is 0. The van der Waals surface area contributed by atoms with Gasteiger partial charge in [-0.15, -0.1) is 0 Å². The molecule has 0 radical (unpaired) electrons. The van der Waals surface area contributed by atoms with Crippen LogP contribution in [0.5, 0.6) is 0 Å². The Morgan fingerprint density at radius 2 is 1.18 bits per heavy atom. The van der Waals surface area contributed by atoms with Gasteiger partial charge in [-0.05, 0) is 44.7 Å². The van der Waals surface area contributed by atoms with Crippen LogP contribution < -0.4 is 9.27 Å². The van der Waals surface area contributed by atoms with Crippen molar-refractivity contribution in [1.29, 1.82) is 0 Å². The lowest BCUT2D eigenvalue weighted by Crippen LogP contribution is -3.00. The number of benzene rings is 1. The van der Waals surface area contributed by atoms with E-state index in [1.165, 1.54) is 99.4 Å². The summed E-state index contributed by atoms with van der Waals surface area (Å²) in [6, 6.07) is 4.55. The second-order valence-corrected chi connectivity index (χ2v) is 8.94. The van der Waals surface area contributed by atoms with Crippen LogP contribution in [0.25, 0.3) is 5.69 Å². The maximum Gasteiger partial charge on any atom is 0.762 e. The van der Waals surface area contributed by atoms with E-state index < -0.39 is 7.54 Å². The van der Waals surface area contributed by atoms with Gasteiger partial charge in [0.05, 0.1) is 6.54 Å². The molecular weight excluding hydrogens is 427 g/mol. The van der Waals surface area contributed by atoms with E-state index in [1.807, 2.05) is 0 Å². The summed E-state index contributed by atoms with van der Waals surface area (Å²) in [6.45, 7) is 10.0. The lowest BCUT2D eigenvalue weighted by molar-refractivity contribution is -0.696. The SMILES string of the molecule is CCCCCCCCCCCCCC[n+]1ccn(-c2c(C)cc(C)cc2C)c1.FB(F)F.[F-]. The highest BCUT2D eigenvalue weighted by atomic mass is 19.4. The normalized spacial score (nSPS) is 10.4. The van der Waals surface area contributed by atoms with E-state index in [4.69, 9.17) is 0 Å². The second kappa shape index (κ2) is 18.6. The zero-order valence-electron chi connectivity index (χ0n) is 21.1. The summed E-state index contributed by atoms with van der Waals surface area (Å²) in [5.41, 5.74) is 5.38. The van der Waals surface area contributed by atoms with Crippen molar-refractivity contribution in [2.45, 2.75) is 111 Å². The fraction of sp³-hybridized carbons (Fsp3) is 0.654. The second-order valence-electron chi connectivity index (χ2n) is 8.94. The molecule has 1 heterocycles. The van der Waals surface area contributed by atoms with Crippen molar-refractivity contribution in [2.24, 2.45) is 0 Å². The molecule has 0 aliphatic heterocycles. The summed E-state index contributed by atoms with van der Waals surface area (Å²) in [5, 5.41) is 0. The molecule has 33 heavy (non-hydrogen) atoms. The molecule has 0 saturated heterocycles. The monoisotopic (exact) mass is 470 g/mol. The first-order chi connectivity index (χ1) is 15.3. The Kier molecular flexibility index (Phi) is 17.6. The average molecular weight is 470 g/mol. The standard InChI is InChI=1S/C26H43N2.BF3.FH/c1-5-6-7-8-9-10-11-12-13-14-15-16-17-27-18-19-28(22-27)26-24(3)20-23(2)21-25(26)4;2-1(3)4;/h18-22H,5-17H2,1-4H3;;1H/q+1;;/p-1. The molecule has 1 aromatic carbocycles. The van der Waals surface area contributed by atoms with Gasteiger partial charge >= 0.3 is 7.54 Å². The summed E-state index contributed by atoms with van der Waals surface area (Å²) in [7, 11) is -3.67. The van der Waals surface area contributed by atoms with E-state index in [1.54, 1.807) is 0 Å². The Balaban J connectivity index is 0.00000189. The Bertz CT molecular complexity index is 724. The molecule has 188 valence electrons. The van der Waals surface area contributed by atoms with Gasteiger partial charge in [-0.25, -0.2) is 9.13 Å². The highest BCUT2D eigenvalue weighted by molar-refractivity contribution is 6.33. The van der Waals surface area contributed by atoms with Gasteiger partial charge in [-0.2, -0.15) is 0 Å². The van der Waals surface area contributed by atoms with Crippen molar-refractivity contribution in [3.63, 3.8) is 0 Å². The topological polar surface area (TPSA) is 8.81 Å². The predicted octanol–water partition coefficient (Wildman–Crippen LogP) is 5.27. The Morgan fingerprint density at radius 1 is 0.758 bits per heavy atom. The number of imidazole rings is 1. The molecule has 0 aliphatic rings. The molecular formula is C26H43BF4N2. The zero-order valence-corrected chi connectivity index (χ0v) is 21.1. The third-order valence-electron chi connectivity index (χ3n) is 5.85. The van der Waals surface area contributed by atoms with Gasteiger partial charge in [0, 0.05) is 0 Å².